The van der Waals surface area contributed by atoms with Crippen molar-refractivity contribution in [2.45, 2.75) is 25.5 Å². The number of anilines is 1. The van der Waals surface area contributed by atoms with Crippen molar-refractivity contribution in [3.63, 3.8) is 0 Å². The summed E-state index contributed by atoms with van der Waals surface area (Å²) in [5.74, 6) is -0.684. The number of nitrogens with zero attached hydrogens (tertiary/aromatic N) is 1. The number of rotatable bonds is 7. The Morgan fingerprint density at radius 3 is 2.65 bits per heavy atom. The molecule has 7 N–H and O–H groups in total. The third-order valence-corrected chi connectivity index (χ3v) is 6.06. The molecule has 0 aliphatic carbocycles. The number of carbonyl (C=O) groups is 2. The molecule has 1 aliphatic heterocycles. The largest absolute Gasteiger partial charge is 0.508 e. The lowest BCUT2D eigenvalue weighted by Gasteiger charge is -2.20. The van der Waals surface area contributed by atoms with Crippen molar-refractivity contribution in [2.75, 3.05) is 25.0 Å². The summed E-state index contributed by atoms with van der Waals surface area (Å²) in [5, 5.41) is 41.0. The van der Waals surface area contributed by atoms with E-state index in [1.807, 2.05) is 6.92 Å². The molecule has 0 aromatic heterocycles. The molecule has 2 atom stereocenters. The molecule has 2 aromatic rings. The first-order valence-corrected chi connectivity index (χ1v) is 12.1. The van der Waals surface area contributed by atoms with Gasteiger partial charge in [0, 0.05) is 33.9 Å². The van der Waals surface area contributed by atoms with E-state index >= 15 is 0 Å². The summed E-state index contributed by atoms with van der Waals surface area (Å²) < 4.78 is 1.24. The number of benzene rings is 2. The summed E-state index contributed by atoms with van der Waals surface area (Å²) in [6.45, 7) is 2.14. The second kappa shape index (κ2) is 11.5. The molecule has 0 saturated carbocycles. The number of phenolic OH excluding ortho intramolecular Hbond substituents is 2. The average Bonchev–Trinajstić information content (AvgIpc) is 2.79. The summed E-state index contributed by atoms with van der Waals surface area (Å²) in [6.07, 6.45) is -0.0458. The Hall–Kier alpha value is -2.83. The number of hydrogen-bond acceptors (Lipinski definition) is 8. The molecule has 182 valence electrons. The van der Waals surface area contributed by atoms with E-state index in [4.69, 9.17) is 0 Å². The number of halogens is 2. The second-order valence-electron chi connectivity index (χ2n) is 7.65. The lowest BCUT2D eigenvalue weighted by atomic mass is 10.0. The van der Waals surface area contributed by atoms with Crippen molar-refractivity contribution >= 4 is 55.3 Å². The van der Waals surface area contributed by atoms with Gasteiger partial charge in [-0.05, 0) is 46.6 Å². The minimum Gasteiger partial charge on any atom is -0.508 e. The molecule has 12 heteroatoms. The Morgan fingerprint density at radius 2 is 1.97 bits per heavy atom. The van der Waals surface area contributed by atoms with E-state index in [1.54, 1.807) is 12.1 Å². The van der Waals surface area contributed by atoms with Gasteiger partial charge in [0.1, 0.15) is 11.5 Å². The minimum atomic E-state index is -0.566. The van der Waals surface area contributed by atoms with Crippen LogP contribution in [-0.4, -0.2) is 58.8 Å². The maximum Gasteiger partial charge on any atom is 0.251 e. The number of aromatic hydroxyl groups is 2. The van der Waals surface area contributed by atoms with E-state index in [2.05, 4.69) is 58.1 Å². The van der Waals surface area contributed by atoms with Crippen molar-refractivity contribution in [2.24, 2.45) is 4.99 Å². The monoisotopic (exact) mass is 597 g/mol. The maximum absolute atomic E-state index is 12.6. The van der Waals surface area contributed by atoms with Crippen LogP contribution >= 0.6 is 31.9 Å². The number of hydrogen-bond donors (Lipinski definition) is 7. The highest BCUT2D eigenvalue weighted by Crippen LogP contribution is 2.36. The van der Waals surface area contributed by atoms with Gasteiger partial charge in [-0.25, -0.2) is 0 Å². The zero-order chi connectivity index (χ0) is 24.8. The molecule has 0 bridgehead atoms. The van der Waals surface area contributed by atoms with Crippen LogP contribution in [0.2, 0.25) is 0 Å². The Morgan fingerprint density at radius 1 is 1.21 bits per heavy atom. The predicted molar refractivity (Wildman–Crippen MR) is 135 cm³/mol. The van der Waals surface area contributed by atoms with Crippen molar-refractivity contribution < 1.29 is 24.9 Å². The minimum absolute atomic E-state index is 0.0331. The van der Waals surface area contributed by atoms with Gasteiger partial charge in [0.05, 0.1) is 29.7 Å². The summed E-state index contributed by atoms with van der Waals surface area (Å²) in [6, 6.07) is 7.18. The van der Waals surface area contributed by atoms with E-state index in [9.17, 15) is 24.9 Å². The standard InChI is InChI=1S/C22H25Br2N5O5/c1-2-18(16-5-12(23)6-17(24)20(16)33)29-19(32)10-25-21(34)11-3-13(7-14(30)4-11)28-22-26-8-15(31)9-27-22/h3-7,15,18,30-31,33H,2,8-10H2,1H3,(H,25,34)(H,29,32)(H2,26,27,28). The van der Waals surface area contributed by atoms with E-state index in [1.165, 1.54) is 18.2 Å². The highest BCUT2D eigenvalue weighted by atomic mass is 79.9. The van der Waals surface area contributed by atoms with Crippen LogP contribution in [0.4, 0.5) is 5.69 Å². The van der Waals surface area contributed by atoms with Crippen LogP contribution in [-0.2, 0) is 4.79 Å². The van der Waals surface area contributed by atoms with Crippen LogP contribution in [0.1, 0.15) is 35.3 Å². The fraction of sp³-hybridized carbons (Fsp3) is 0.318. The third kappa shape index (κ3) is 6.84. The van der Waals surface area contributed by atoms with Crippen molar-refractivity contribution in [1.29, 1.82) is 0 Å². The molecule has 0 saturated heterocycles. The number of aliphatic hydroxyl groups excluding tert-OH is 1. The first-order valence-electron chi connectivity index (χ1n) is 10.5. The summed E-state index contributed by atoms with van der Waals surface area (Å²) >= 11 is 6.66. The Kier molecular flexibility index (Phi) is 8.75. The van der Waals surface area contributed by atoms with Gasteiger partial charge in [0.2, 0.25) is 5.91 Å². The zero-order valence-corrected chi connectivity index (χ0v) is 21.4. The van der Waals surface area contributed by atoms with Crippen molar-refractivity contribution in [1.82, 2.24) is 16.0 Å². The fourth-order valence-electron chi connectivity index (χ4n) is 3.33. The summed E-state index contributed by atoms with van der Waals surface area (Å²) in [5.41, 5.74) is 1.10. The molecule has 2 aromatic carbocycles. The number of nitrogens with one attached hydrogen (secondary N) is 4. The molecule has 1 aliphatic rings. The molecule has 0 spiro atoms. The van der Waals surface area contributed by atoms with Crippen LogP contribution in [0.5, 0.6) is 11.5 Å². The van der Waals surface area contributed by atoms with Gasteiger partial charge in [-0.1, -0.05) is 22.9 Å². The predicted octanol–water partition coefficient (Wildman–Crippen LogP) is 2.35. The first-order chi connectivity index (χ1) is 16.2. The Bertz CT molecular complexity index is 1110. The molecule has 2 amide bonds. The summed E-state index contributed by atoms with van der Waals surface area (Å²) in [7, 11) is 0. The van der Waals surface area contributed by atoms with Crippen molar-refractivity contribution in [3.05, 3.63) is 50.4 Å². The number of amides is 2. The fourth-order valence-corrected chi connectivity index (χ4v) is 4.58. The number of aliphatic imine (C=N–C) groups is 1. The van der Waals surface area contributed by atoms with Gasteiger partial charge >= 0.3 is 0 Å². The number of β-amino-alcohol motifs (C(OH)–C–C–N with tert-alkyl or cyclic N) is 1. The zero-order valence-electron chi connectivity index (χ0n) is 18.2. The average molecular weight is 599 g/mol. The molecule has 10 nitrogen and oxygen atoms in total. The lowest BCUT2D eigenvalue weighted by Crippen LogP contribution is -2.42. The highest BCUT2D eigenvalue weighted by molar-refractivity contribution is 9.11. The van der Waals surface area contributed by atoms with E-state index in [-0.39, 0.29) is 30.2 Å². The SMILES string of the molecule is CCC(NC(=O)CNC(=O)c1cc(O)cc(NC2=NCC(O)CN2)c1)c1cc(Br)cc(Br)c1O. The van der Waals surface area contributed by atoms with Gasteiger partial charge in [0.15, 0.2) is 5.96 Å². The normalized spacial score (nSPS) is 16.1. The van der Waals surface area contributed by atoms with Gasteiger partial charge in [-0.2, -0.15) is 0 Å². The molecular weight excluding hydrogens is 574 g/mol. The Balaban J connectivity index is 1.61. The highest BCUT2D eigenvalue weighted by Gasteiger charge is 2.20. The third-order valence-electron chi connectivity index (χ3n) is 4.99. The molecule has 34 heavy (non-hydrogen) atoms. The van der Waals surface area contributed by atoms with Gasteiger partial charge in [0.25, 0.3) is 5.91 Å². The smallest absolute Gasteiger partial charge is 0.251 e. The number of carbonyl (C=O) groups excluding carboxylic acids is 2. The number of phenols is 2. The van der Waals surface area contributed by atoms with E-state index in [0.717, 1.165) is 4.47 Å². The summed E-state index contributed by atoms with van der Waals surface area (Å²) in [4.78, 5) is 29.2. The van der Waals surface area contributed by atoms with Crippen molar-refractivity contribution in [3.8, 4) is 11.5 Å². The molecular formula is C22H25Br2N5O5. The molecule has 1 heterocycles. The van der Waals surface area contributed by atoms with Gasteiger partial charge in [-0.15, -0.1) is 0 Å². The Labute approximate surface area is 213 Å². The second-order valence-corrected chi connectivity index (χ2v) is 9.42. The molecule has 3 rings (SSSR count). The van der Waals surface area contributed by atoms with Crippen LogP contribution in [0.3, 0.4) is 0 Å². The van der Waals surface area contributed by atoms with E-state index in [0.29, 0.717) is 34.6 Å². The van der Waals surface area contributed by atoms with Crippen LogP contribution in [0.15, 0.2) is 44.3 Å². The number of aliphatic hydroxyl groups is 1. The molecule has 2 unspecified atom stereocenters. The van der Waals surface area contributed by atoms with Crippen LogP contribution < -0.4 is 21.3 Å². The van der Waals surface area contributed by atoms with Crippen LogP contribution in [0, 0.1) is 0 Å². The van der Waals surface area contributed by atoms with Crippen LogP contribution in [0.25, 0.3) is 0 Å². The van der Waals surface area contributed by atoms with Gasteiger partial charge in [-0.3, -0.25) is 14.6 Å². The quantitative estimate of drug-likeness (QED) is 0.258. The molecule has 0 radical (unpaired) electrons. The maximum atomic E-state index is 12.6. The number of guanidine groups is 1. The topological polar surface area (TPSA) is 155 Å². The first kappa shape index (κ1) is 25.8. The van der Waals surface area contributed by atoms with Gasteiger partial charge < -0.3 is 36.6 Å². The lowest BCUT2D eigenvalue weighted by molar-refractivity contribution is -0.120. The van der Waals surface area contributed by atoms with E-state index < -0.39 is 24.0 Å². The molecule has 0 fully saturated rings.